The predicted octanol–water partition coefficient (Wildman–Crippen LogP) is 1.10. The molecule has 0 spiro atoms. The molecule has 0 bridgehead atoms. The Hall–Kier alpha value is -1.67. The molecule has 0 saturated carbocycles. The number of carbonyl (C=O) groups is 1. The fourth-order valence-electron chi connectivity index (χ4n) is 2.89. The van der Waals surface area contributed by atoms with E-state index in [0.29, 0.717) is 26.1 Å². The molecule has 23 heavy (non-hydrogen) atoms. The van der Waals surface area contributed by atoms with E-state index < -0.39 is 9.84 Å². The number of amides is 2. The number of nitrogens with zero attached hydrogens (tertiary/aromatic N) is 1. The Labute approximate surface area is 134 Å². The van der Waals surface area contributed by atoms with E-state index in [1.54, 1.807) is 17.0 Å². The lowest BCUT2D eigenvalue weighted by Crippen LogP contribution is -2.50. The van der Waals surface area contributed by atoms with Gasteiger partial charge in [0.15, 0.2) is 9.84 Å². The number of urea groups is 1. The van der Waals surface area contributed by atoms with Gasteiger partial charge in [-0.2, -0.15) is 0 Å². The van der Waals surface area contributed by atoms with Crippen molar-refractivity contribution in [2.75, 3.05) is 31.2 Å². The molecule has 6 nitrogen and oxygen atoms in total. The molecule has 0 aromatic heterocycles. The highest BCUT2D eigenvalue weighted by molar-refractivity contribution is 7.91. The molecule has 0 unspecified atom stereocenters. The predicted molar refractivity (Wildman–Crippen MR) is 82.3 cm³/mol. The lowest BCUT2D eigenvalue weighted by Gasteiger charge is -2.33. The molecular weight excluding hydrogens is 323 g/mol. The summed E-state index contributed by atoms with van der Waals surface area (Å²) in [6.07, 6.45) is 0.155. The number of hydrogen-bond acceptors (Lipinski definition) is 4. The van der Waals surface area contributed by atoms with Crippen LogP contribution in [-0.4, -0.2) is 56.6 Å². The smallest absolute Gasteiger partial charge is 0.317 e. The fourth-order valence-corrected chi connectivity index (χ4v) is 4.56. The summed E-state index contributed by atoms with van der Waals surface area (Å²) in [6, 6.07) is 5.42. The zero-order valence-corrected chi connectivity index (χ0v) is 13.4. The Kier molecular flexibility index (Phi) is 4.54. The third-order valence-electron chi connectivity index (χ3n) is 4.16. The monoisotopic (exact) mass is 342 g/mol. The second-order valence-corrected chi connectivity index (χ2v) is 8.14. The van der Waals surface area contributed by atoms with Gasteiger partial charge in [0.1, 0.15) is 11.9 Å². The third-order valence-corrected chi connectivity index (χ3v) is 5.92. The van der Waals surface area contributed by atoms with Crippen LogP contribution in [0.2, 0.25) is 0 Å². The molecule has 8 heteroatoms. The van der Waals surface area contributed by atoms with Crippen LogP contribution in [0.25, 0.3) is 0 Å². The molecule has 1 aromatic carbocycles. The summed E-state index contributed by atoms with van der Waals surface area (Å²) in [5.74, 6) is -0.189. The highest BCUT2D eigenvalue weighted by Crippen LogP contribution is 2.22. The first-order valence-electron chi connectivity index (χ1n) is 7.56. The maximum absolute atomic E-state index is 13.0. The van der Waals surface area contributed by atoms with E-state index in [4.69, 9.17) is 4.74 Å². The van der Waals surface area contributed by atoms with Crippen molar-refractivity contribution in [2.45, 2.75) is 18.6 Å². The number of benzene rings is 1. The second-order valence-electron chi connectivity index (χ2n) is 5.91. The van der Waals surface area contributed by atoms with E-state index in [-0.39, 0.29) is 35.5 Å². The maximum atomic E-state index is 13.0. The SMILES string of the molecule is O=C(N[C@H]1CCS(=O)(=O)C1)N1CCO[C@H](c2ccc(F)cc2)C1. The highest BCUT2D eigenvalue weighted by Gasteiger charge is 2.31. The molecular formula is C15H19FN2O4S. The Morgan fingerprint density at radius 1 is 1.30 bits per heavy atom. The first-order valence-corrected chi connectivity index (χ1v) is 9.38. The van der Waals surface area contributed by atoms with Gasteiger partial charge in [0.2, 0.25) is 0 Å². The molecule has 1 N–H and O–H groups in total. The van der Waals surface area contributed by atoms with Crippen LogP contribution >= 0.6 is 0 Å². The van der Waals surface area contributed by atoms with Crippen molar-refractivity contribution in [3.63, 3.8) is 0 Å². The molecule has 3 rings (SSSR count). The third kappa shape index (κ3) is 4.00. The van der Waals surface area contributed by atoms with Gasteiger partial charge in [0, 0.05) is 12.6 Å². The van der Waals surface area contributed by atoms with Crippen LogP contribution in [0.5, 0.6) is 0 Å². The minimum atomic E-state index is -3.02. The molecule has 2 fully saturated rings. The largest absolute Gasteiger partial charge is 0.370 e. The Bertz CT molecular complexity index is 677. The number of sulfone groups is 1. The summed E-state index contributed by atoms with van der Waals surface area (Å²) in [6.45, 7) is 1.19. The maximum Gasteiger partial charge on any atom is 0.317 e. The quantitative estimate of drug-likeness (QED) is 0.873. The van der Waals surface area contributed by atoms with Gasteiger partial charge in [-0.05, 0) is 24.1 Å². The average molecular weight is 342 g/mol. The van der Waals surface area contributed by atoms with Gasteiger partial charge in [0.25, 0.3) is 0 Å². The minimum absolute atomic E-state index is 0.00444. The number of rotatable bonds is 2. The summed E-state index contributed by atoms with van der Waals surface area (Å²) in [5.41, 5.74) is 0.812. The van der Waals surface area contributed by atoms with Crippen molar-refractivity contribution < 1.29 is 22.3 Å². The van der Waals surface area contributed by atoms with Crippen molar-refractivity contribution in [1.82, 2.24) is 10.2 Å². The van der Waals surface area contributed by atoms with Crippen LogP contribution in [0.4, 0.5) is 9.18 Å². The van der Waals surface area contributed by atoms with E-state index in [9.17, 15) is 17.6 Å². The Morgan fingerprint density at radius 2 is 2.04 bits per heavy atom. The summed E-state index contributed by atoms with van der Waals surface area (Å²) in [5, 5.41) is 2.78. The molecule has 126 valence electrons. The first-order chi connectivity index (χ1) is 10.9. The summed E-state index contributed by atoms with van der Waals surface area (Å²) < 4.78 is 41.5. The van der Waals surface area contributed by atoms with Gasteiger partial charge in [-0.25, -0.2) is 17.6 Å². The number of halogens is 1. The molecule has 2 amide bonds. The molecule has 2 aliphatic heterocycles. The van der Waals surface area contributed by atoms with Crippen molar-refractivity contribution >= 4 is 15.9 Å². The topological polar surface area (TPSA) is 75.7 Å². The lowest BCUT2D eigenvalue weighted by molar-refractivity contribution is -0.0157. The van der Waals surface area contributed by atoms with Gasteiger partial charge in [-0.15, -0.1) is 0 Å². The molecule has 0 aliphatic carbocycles. The van der Waals surface area contributed by atoms with Crippen molar-refractivity contribution in [3.05, 3.63) is 35.6 Å². The number of carbonyl (C=O) groups excluding carboxylic acids is 1. The number of nitrogens with one attached hydrogen (secondary N) is 1. The molecule has 2 atom stereocenters. The van der Waals surface area contributed by atoms with Crippen LogP contribution < -0.4 is 5.32 Å². The minimum Gasteiger partial charge on any atom is -0.370 e. The summed E-state index contributed by atoms with van der Waals surface area (Å²) in [7, 11) is -3.02. The summed E-state index contributed by atoms with van der Waals surface area (Å²) >= 11 is 0. The van der Waals surface area contributed by atoms with Crippen molar-refractivity contribution in [1.29, 1.82) is 0 Å². The zero-order chi connectivity index (χ0) is 16.4. The van der Waals surface area contributed by atoms with E-state index in [2.05, 4.69) is 5.32 Å². The number of ether oxygens (including phenoxy) is 1. The van der Waals surface area contributed by atoms with Crippen molar-refractivity contribution in [3.8, 4) is 0 Å². The van der Waals surface area contributed by atoms with Crippen LogP contribution in [0.15, 0.2) is 24.3 Å². The van der Waals surface area contributed by atoms with Crippen LogP contribution in [0, 0.1) is 5.82 Å². The molecule has 0 radical (unpaired) electrons. The van der Waals surface area contributed by atoms with Gasteiger partial charge >= 0.3 is 6.03 Å². The first kappa shape index (κ1) is 16.2. The second kappa shape index (κ2) is 6.45. The lowest BCUT2D eigenvalue weighted by atomic mass is 10.1. The van der Waals surface area contributed by atoms with Crippen molar-refractivity contribution in [2.24, 2.45) is 0 Å². The highest BCUT2D eigenvalue weighted by atomic mass is 32.2. The fraction of sp³-hybridized carbons (Fsp3) is 0.533. The summed E-state index contributed by atoms with van der Waals surface area (Å²) in [4.78, 5) is 13.9. The van der Waals surface area contributed by atoms with E-state index in [1.165, 1.54) is 12.1 Å². The average Bonchev–Trinajstić information content (AvgIpc) is 2.87. The van der Waals surface area contributed by atoms with Crippen LogP contribution in [0.1, 0.15) is 18.1 Å². The Balaban J connectivity index is 1.59. The number of morpholine rings is 1. The van der Waals surface area contributed by atoms with E-state index in [1.807, 2.05) is 0 Å². The van der Waals surface area contributed by atoms with Gasteiger partial charge in [0.05, 0.1) is 24.7 Å². The molecule has 2 aliphatic rings. The molecule has 2 heterocycles. The molecule has 1 aromatic rings. The standard InChI is InChI=1S/C15H19FN2O4S/c16-12-3-1-11(2-4-12)14-9-18(6-7-22-14)15(19)17-13-5-8-23(20,21)10-13/h1-4,13-14H,5-10H2,(H,17,19)/t13-,14-/m0/s1. The zero-order valence-electron chi connectivity index (χ0n) is 12.6. The van der Waals surface area contributed by atoms with E-state index in [0.717, 1.165) is 5.56 Å². The normalized spacial score (nSPS) is 26.9. The molecule has 2 saturated heterocycles. The van der Waals surface area contributed by atoms with Crippen LogP contribution in [-0.2, 0) is 14.6 Å². The van der Waals surface area contributed by atoms with E-state index >= 15 is 0 Å². The number of hydrogen-bond donors (Lipinski definition) is 1. The van der Waals surface area contributed by atoms with Gasteiger partial charge < -0.3 is 15.0 Å². The Morgan fingerprint density at radius 3 is 2.70 bits per heavy atom. The van der Waals surface area contributed by atoms with Gasteiger partial charge in [-0.1, -0.05) is 12.1 Å². The van der Waals surface area contributed by atoms with Gasteiger partial charge in [-0.3, -0.25) is 0 Å². The van der Waals surface area contributed by atoms with Crippen LogP contribution in [0.3, 0.4) is 0 Å².